The Morgan fingerprint density at radius 1 is 1.00 bits per heavy atom. The maximum atomic E-state index is 13.0. The van der Waals surface area contributed by atoms with Crippen molar-refractivity contribution in [1.29, 1.82) is 0 Å². The van der Waals surface area contributed by atoms with E-state index in [1.807, 2.05) is 0 Å². The zero-order valence-corrected chi connectivity index (χ0v) is 15.5. The van der Waals surface area contributed by atoms with E-state index in [1.165, 1.54) is 17.0 Å². The van der Waals surface area contributed by atoms with E-state index in [-0.39, 0.29) is 17.8 Å². The normalized spacial score (nSPS) is 14.0. The molecule has 0 spiro atoms. The summed E-state index contributed by atoms with van der Waals surface area (Å²) in [5.74, 6) is -0.370. The van der Waals surface area contributed by atoms with Gasteiger partial charge in [-0.3, -0.25) is 4.79 Å². The predicted molar refractivity (Wildman–Crippen MR) is 104 cm³/mol. The molecule has 0 saturated carbocycles. The highest BCUT2D eigenvalue weighted by Crippen LogP contribution is 2.18. The molecule has 3 rings (SSSR count). The van der Waals surface area contributed by atoms with Gasteiger partial charge in [-0.15, -0.1) is 0 Å². The lowest BCUT2D eigenvalue weighted by Gasteiger charge is -2.36. The van der Waals surface area contributed by atoms with Crippen molar-refractivity contribution in [3.63, 3.8) is 0 Å². The minimum atomic E-state index is -0.258. The van der Waals surface area contributed by atoms with Crippen LogP contribution < -0.4 is 10.2 Å². The molecule has 2 aromatic rings. The van der Waals surface area contributed by atoms with Crippen LogP contribution >= 0.6 is 0 Å². The second-order valence-electron chi connectivity index (χ2n) is 6.66. The van der Waals surface area contributed by atoms with E-state index < -0.39 is 0 Å². The van der Waals surface area contributed by atoms with Gasteiger partial charge < -0.3 is 20.0 Å². The summed E-state index contributed by atoms with van der Waals surface area (Å²) in [5.41, 5.74) is 2.07. The molecule has 0 aliphatic carbocycles. The molecule has 6 nitrogen and oxygen atoms in total. The Morgan fingerprint density at radius 3 is 2.30 bits per heavy atom. The third kappa shape index (κ3) is 4.55. The molecule has 0 atom stereocenters. The van der Waals surface area contributed by atoms with Crippen molar-refractivity contribution in [2.75, 3.05) is 50.5 Å². The van der Waals surface area contributed by atoms with Crippen LogP contribution in [0, 0.1) is 5.82 Å². The molecular formula is C20H23FN4O2. The number of rotatable bonds is 3. The first kappa shape index (κ1) is 18.7. The molecule has 2 aromatic carbocycles. The van der Waals surface area contributed by atoms with Crippen LogP contribution in [0.1, 0.15) is 10.4 Å². The van der Waals surface area contributed by atoms with E-state index in [2.05, 4.69) is 10.2 Å². The van der Waals surface area contributed by atoms with Gasteiger partial charge in [0.25, 0.3) is 5.91 Å². The fraction of sp³-hybridized carbons (Fsp3) is 0.300. The highest BCUT2D eigenvalue weighted by atomic mass is 19.1. The third-order valence-electron chi connectivity index (χ3n) is 4.53. The molecule has 7 heteroatoms. The Labute approximate surface area is 158 Å². The number of amides is 3. The summed E-state index contributed by atoms with van der Waals surface area (Å²) in [5, 5.41) is 2.86. The third-order valence-corrected chi connectivity index (χ3v) is 4.53. The molecule has 1 saturated heterocycles. The highest BCUT2D eigenvalue weighted by Gasteiger charge is 2.21. The number of anilines is 2. The van der Waals surface area contributed by atoms with Crippen LogP contribution in [0.15, 0.2) is 48.5 Å². The Kier molecular flexibility index (Phi) is 5.59. The van der Waals surface area contributed by atoms with E-state index in [1.54, 1.807) is 55.4 Å². The van der Waals surface area contributed by atoms with Crippen molar-refractivity contribution < 1.29 is 14.0 Å². The molecule has 1 aliphatic heterocycles. The van der Waals surface area contributed by atoms with Crippen molar-refractivity contribution in [1.82, 2.24) is 9.80 Å². The Morgan fingerprint density at radius 2 is 1.67 bits per heavy atom. The standard InChI is InChI=1S/C20H23FN4O2/c1-23(2)19(26)15-4-3-5-17(14-15)22-20(27)25-12-10-24(11-13-25)18-8-6-16(21)7-9-18/h3-9,14H,10-13H2,1-2H3,(H,22,27). The van der Waals surface area contributed by atoms with Gasteiger partial charge in [0.15, 0.2) is 0 Å². The number of nitrogens with one attached hydrogen (secondary N) is 1. The summed E-state index contributed by atoms with van der Waals surface area (Å²) >= 11 is 0. The average molecular weight is 370 g/mol. The van der Waals surface area contributed by atoms with E-state index >= 15 is 0 Å². The zero-order valence-electron chi connectivity index (χ0n) is 15.5. The lowest BCUT2D eigenvalue weighted by atomic mass is 10.2. The SMILES string of the molecule is CN(C)C(=O)c1cccc(NC(=O)N2CCN(c3ccc(F)cc3)CC2)c1. The number of hydrogen-bond acceptors (Lipinski definition) is 3. The van der Waals surface area contributed by atoms with Gasteiger partial charge in [-0.2, -0.15) is 0 Å². The molecule has 142 valence electrons. The molecular weight excluding hydrogens is 347 g/mol. The van der Waals surface area contributed by atoms with Gasteiger partial charge in [-0.25, -0.2) is 9.18 Å². The van der Waals surface area contributed by atoms with Gasteiger partial charge in [-0.1, -0.05) is 6.07 Å². The molecule has 1 heterocycles. The maximum Gasteiger partial charge on any atom is 0.321 e. The molecule has 0 aromatic heterocycles. The fourth-order valence-corrected chi connectivity index (χ4v) is 3.01. The first-order valence-electron chi connectivity index (χ1n) is 8.82. The number of carbonyl (C=O) groups is 2. The van der Waals surface area contributed by atoms with Crippen LogP contribution in [-0.2, 0) is 0 Å². The van der Waals surface area contributed by atoms with Crippen LogP contribution in [0.2, 0.25) is 0 Å². The Balaban J connectivity index is 1.57. The van der Waals surface area contributed by atoms with Gasteiger partial charge >= 0.3 is 6.03 Å². The quantitative estimate of drug-likeness (QED) is 0.904. The molecule has 0 bridgehead atoms. The second kappa shape index (κ2) is 8.07. The van der Waals surface area contributed by atoms with Crippen molar-refractivity contribution in [2.24, 2.45) is 0 Å². The molecule has 0 radical (unpaired) electrons. The monoisotopic (exact) mass is 370 g/mol. The summed E-state index contributed by atoms with van der Waals surface area (Å²) in [4.78, 5) is 29.9. The Bertz CT molecular complexity index is 815. The first-order chi connectivity index (χ1) is 12.9. The zero-order chi connectivity index (χ0) is 19.4. The smallest absolute Gasteiger partial charge is 0.321 e. The van der Waals surface area contributed by atoms with Crippen molar-refractivity contribution in [3.8, 4) is 0 Å². The fourth-order valence-electron chi connectivity index (χ4n) is 3.01. The van der Waals surface area contributed by atoms with Gasteiger partial charge in [0, 0.05) is 57.2 Å². The molecule has 1 aliphatic rings. The van der Waals surface area contributed by atoms with Gasteiger partial charge in [-0.05, 0) is 42.5 Å². The lowest BCUT2D eigenvalue weighted by molar-refractivity contribution is 0.0827. The van der Waals surface area contributed by atoms with E-state index in [4.69, 9.17) is 0 Å². The number of nitrogens with zero attached hydrogens (tertiary/aromatic N) is 3. The predicted octanol–water partition coefficient (Wildman–Crippen LogP) is 2.88. The molecule has 1 N–H and O–H groups in total. The number of urea groups is 1. The summed E-state index contributed by atoms with van der Waals surface area (Å²) in [7, 11) is 3.38. The van der Waals surface area contributed by atoms with E-state index in [0.717, 1.165) is 5.69 Å². The van der Waals surface area contributed by atoms with Crippen LogP contribution in [0.3, 0.4) is 0 Å². The summed E-state index contributed by atoms with van der Waals surface area (Å²) in [6.07, 6.45) is 0. The van der Waals surface area contributed by atoms with Crippen LogP contribution in [0.5, 0.6) is 0 Å². The van der Waals surface area contributed by atoms with E-state index in [9.17, 15) is 14.0 Å². The number of carbonyl (C=O) groups excluding carboxylic acids is 2. The minimum Gasteiger partial charge on any atom is -0.368 e. The minimum absolute atomic E-state index is 0.112. The first-order valence-corrected chi connectivity index (χ1v) is 8.82. The number of halogens is 1. The number of hydrogen-bond donors (Lipinski definition) is 1. The van der Waals surface area contributed by atoms with Gasteiger partial charge in [0.1, 0.15) is 5.82 Å². The Hall–Kier alpha value is -3.09. The highest BCUT2D eigenvalue weighted by molar-refractivity contribution is 5.96. The molecule has 1 fully saturated rings. The van der Waals surface area contributed by atoms with Gasteiger partial charge in [0.05, 0.1) is 0 Å². The lowest BCUT2D eigenvalue weighted by Crippen LogP contribution is -2.50. The van der Waals surface area contributed by atoms with Crippen molar-refractivity contribution in [2.45, 2.75) is 0 Å². The molecule has 27 heavy (non-hydrogen) atoms. The van der Waals surface area contributed by atoms with Crippen molar-refractivity contribution in [3.05, 3.63) is 59.9 Å². The number of piperazine rings is 1. The molecule has 0 unspecified atom stereocenters. The second-order valence-corrected chi connectivity index (χ2v) is 6.66. The van der Waals surface area contributed by atoms with Crippen LogP contribution in [0.4, 0.5) is 20.6 Å². The van der Waals surface area contributed by atoms with Crippen LogP contribution in [0.25, 0.3) is 0 Å². The maximum absolute atomic E-state index is 13.0. The van der Waals surface area contributed by atoms with Crippen LogP contribution in [-0.4, -0.2) is 62.0 Å². The van der Waals surface area contributed by atoms with E-state index in [0.29, 0.717) is 37.4 Å². The largest absolute Gasteiger partial charge is 0.368 e. The molecule has 3 amide bonds. The van der Waals surface area contributed by atoms with Crippen molar-refractivity contribution >= 4 is 23.3 Å². The number of benzene rings is 2. The summed E-state index contributed by atoms with van der Waals surface area (Å²) in [6, 6.07) is 13.1. The summed E-state index contributed by atoms with van der Waals surface area (Å²) in [6.45, 7) is 2.50. The average Bonchev–Trinajstić information content (AvgIpc) is 2.68. The summed E-state index contributed by atoms with van der Waals surface area (Å²) < 4.78 is 13.0. The topological polar surface area (TPSA) is 55.9 Å². The van der Waals surface area contributed by atoms with Gasteiger partial charge in [0.2, 0.25) is 0 Å².